The van der Waals surface area contributed by atoms with Gasteiger partial charge in [-0.15, -0.1) is 0 Å². The highest BCUT2D eigenvalue weighted by Crippen LogP contribution is 2.59. The normalized spacial score (nSPS) is 20.4. The van der Waals surface area contributed by atoms with Gasteiger partial charge in [-0.25, -0.2) is 0 Å². The third-order valence-electron chi connectivity index (χ3n) is 4.52. The van der Waals surface area contributed by atoms with Gasteiger partial charge in [0.1, 0.15) is 0 Å². The second-order valence-corrected chi connectivity index (χ2v) is 7.73. The molecular formula is C17H7ClF6N2O2S. The zero-order chi connectivity index (χ0) is 21.4. The molecule has 0 bridgehead atoms. The van der Waals surface area contributed by atoms with E-state index in [-0.39, 0.29) is 21.3 Å². The fraction of sp³-hybridized carbons (Fsp3) is 0.176. The average Bonchev–Trinajstić information content (AvgIpc) is 2.86. The van der Waals surface area contributed by atoms with E-state index >= 15 is 0 Å². The summed E-state index contributed by atoms with van der Waals surface area (Å²) in [5.74, 6) is -4.64. The molecule has 2 amide bonds. The van der Waals surface area contributed by atoms with Gasteiger partial charge in [-0.2, -0.15) is 26.3 Å². The number of benzene rings is 2. The van der Waals surface area contributed by atoms with Crippen molar-refractivity contribution in [1.29, 1.82) is 0 Å². The number of fused-ring (bicyclic) bond motifs is 2. The predicted molar refractivity (Wildman–Crippen MR) is 91.1 cm³/mol. The molecule has 2 aliphatic heterocycles. The lowest BCUT2D eigenvalue weighted by Gasteiger charge is -2.32. The number of carbonyl (C=O) groups excluding carboxylic acids is 2. The molecule has 0 saturated carbocycles. The molecule has 152 valence electrons. The second-order valence-electron chi connectivity index (χ2n) is 6.21. The van der Waals surface area contributed by atoms with Crippen LogP contribution in [0, 0.1) is 0 Å². The standard InChI is InChI=1S/C17H7ClF6N2O2S/c18-7-4-5-10-9(6-7)26-12-8(2-1-3-11(12)29-10)15(14(26)28,17(22,23)24)25-13(27)16(19,20)21/h1-6H,(H,25,27)/t15-/m0/s1. The summed E-state index contributed by atoms with van der Waals surface area (Å²) in [5, 5.41) is 1.03. The molecule has 0 fully saturated rings. The fourth-order valence-corrected chi connectivity index (χ4v) is 4.57. The van der Waals surface area contributed by atoms with Crippen LogP contribution in [-0.4, -0.2) is 24.2 Å². The number of nitrogens with zero attached hydrogens (tertiary/aromatic N) is 1. The first kappa shape index (κ1) is 19.9. The molecule has 12 heteroatoms. The summed E-state index contributed by atoms with van der Waals surface area (Å²) in [6, 6.07) is 7.66. The van der Waals surface area contributed by atoms with E-state index in [1.165, 1.54) is 30.3 Å². The maximum atomic E-state index is 14.1. The molecule has 2 aliphatic rings. The zero-order valence-corrected chi connectivity index (χ0v) is 15.4. The third kappa shape index (κ3) is 2.71. The van der Waals surface area contributed by atoms with Crippen molar-refractivity contribution in [1.82, 2.24) is 5.32 Å². The third-order valence-corrected chi connectivity index (χ3v) is 5.87. The van der Waals surface area contributed by atoms with Gasteiger partial charge in [-0.1, -0.05) is 35.5 Å². The van der Waals surface area contributed by atoms with Crippen molar-refractivity contribution in [3.8, 4) is 0 Å². The van der Waals surface area contributed by atoms with Gasteiger partial charge in [0.2, 0.25) is 5.54 Å². The van der Waals surface area contributed by atoms with Crippen molar-refractivity contribution >= 4 is 46.6 Å². The van der Waals surface area contributed by atoms with E-state index < -0.39 is 35.3 Å². The van der Waals surface area contributed by atoms with Gasteiger partial charge < -0.3 is 5.32 Å². The van der Waals surface area contributed by atoms with Crippen molar-refractivity contribution in [2.45, 2.75) is 27.7 Å². The van der Waals surface area contributed by atoms with E-state index in [1.807, 2.05) is 0 Å². The smallest absolute Gasteiger partial charge is 0.323 e. The number of carbonyl (C=O) groups is 2. The lowest BCUT2D eigenvalue weighted by Crippen LogP contribution is -2.63. The van der Waals surface area contributed by atoms with E-state index in [9.17, 15) is 35.9 Å². The first-order chi connectivity index (χ1) is 13.4. The molecule has 4 nitrogen and oxygen atoms in total. The van der Waals surface area contributed by atoms with Crippen molar-refractivity contribution in [2.24, 2.45) is 0 Å². The number of hydrogen-bond acceptors (Lipinski definition) is 3. The minimum absolute atomic E-state index is 0.0140. The Balaban J connectivity index is 2.01. The average molecular weight is 453 g/mol. The van der Waals surface area contributed by atoms with Crippen LogP contribution in [0.2, 0.25) is 5.02 Å². The number of nitrogens with one attached hydrogen (secondary N) is 1. The minimum Gasteiger partial charge on any atom is -0.323 e. The summed E-state index contributed by atoms with van der Waals surface area (Å²) >= 11 is 6.94. The lowest BCUT2D eigenvalue weighted by atomic mass is 9.90. The summed E-state index contributed by atoms with van der Waals surface area (Å²) < 4.78 is 80.8. The van der Waals surface area contributed by atoms with Gasteiger partial charge >= 0.3 is 18.3 Å². The molecule has 4 rings (SSSR count). The molecule has 29 heavy (non-hydrogen) atoms. The van der Waals surface area contributed by atoms with E-state index in [2.05, 4.69) is 0 Å². The number of amides is 2. The van der Waals surface area contributed by atoms with Crippen LogP contribution >= 0.6 is 23.4 Å². The molecule has 2 aromatic carbocycles. The summed E-state index contributed by atoms with van der Waals surface area (Å²) in [4.78, 5) is 25.8. The van der Waals surface area contributed by atoms with Crippen molar-refractivity contribution < 1.29 is 35.9 Å². The van der Waals surface area contributed by atoms with Gasteiger partial charge in [-0.3, -0.25) is 14.5 Å². The van der Waals surface area contributed by atoms with Crippen LogP contribution in [-0.2, 0) is 15.1 Å². The fourth-order valence-electron chi connectivity index (χ4n) is 3.33. The minimum atomic E-state index is -5.63. The van der Waals surface area contributed by atoms with Crippen LogP contribution in [0.15, 0.2) is 46.2 Å². The Morgan fingerprint density at radius 3 is 2.38 bits per heavy atom. The quantitative estimate of drug-likeness (QED) is 0.625. The van der Waals surface area contributed by atoms with E-state index in [0.29, 0.717) is 9.80 Å². The van der Waals surface area contributed by atoms with Gasteiger partial charge in [0.25, 0.3) is 5.91 Å². The number of hydrogen-bond donors (Lipinski definition) is 1. The van der Waals surface area contributed by atoms with E-state index in [4.69, 9.17) is 11.6 Å². The molecular weight excluding hydrogens is 446 g/mol. The van der Waals surface area contributed by atoms with Gasteiger partial charge in [0.15, 0.2) is 0 Å². The molecule has 0 spiro atoms. The first-order valence-corrected chi connectivity index (χ1v) is 8.99. The van der Waals surface area contributed by atoms with E-state index in [1.54, 1.807) is 0 Å². The summed E-state index contributed by atoms with van der Waals surface area (Å²) in [6.07, 6.45) is -11.2. The summed E-state index contributed by atoms with van der Waals surface area (Å²) in [6.45, 7) is 0. The lowest BCUT2D eigenvalue weighted by molar-refractivity contribution is -0.210. The maximum Gasteiger partial charge on any atom is 0.471 e. The highest BCUT2D eigenvalue weighted by molar-refractivity contribution is 7.99. The van der Waals surface area contributed by atoms with E-state index in [0.717, 1.165) is 23.1 Å². The molecule has 2 aromatic rings. The Bertz CT molecular complexity index is 1070. The van der Waals surface area contributed by atoms with Crippen LogP contribution in [0.1, 0.15) is 5.56 Å². The highest BCUT2D eigenvalue weighted by atomic mass is 35.5. The number of alkyl halides is 6. The van der Waals surface area contributed by atoms with Gasteiger partial charge in [-0.05, 0) is 24.3 Å². The molecule has 0 radical (unpaired) electrons. The number of halogens is 7. The monoisotopic (exact) mass is 452 g/mol. The first-order valence-electron chi connectivity index (χ1n) is 7.79. The SMILES string of the molecule is O=C(N[C@]1(C(F)(F)F)C(=O)N2c3cc(Cl)ccc3Sc3cccc1c32)C(F)(F)F. The second kappa shape index (κ2) is 6.05. The molecule has 0 aromatic heterocycles. The summed E-state index contributed by atoms with van der Waals surface area (Å²) in [5.41, 5.74) is -4.93. The van der Waals surface area contributed by atoms with Crippen LogP contribution in [0.3, 0.4) is 0 Å². The Hall–Kier alpha value is -2.40. The summed E-state index contributed by atoms with van der Waals surface area (Å²) in [7, 11) is 0. The van der Waals surface area contributed by atoms with Crippen molar-refractivity contribution in [3.05, 3.63) is 47.0 Å². The molecule has 0 saturated heterocycles. The Labute approximate surface area is 167 Å². The molecule has 0 aliphatic carbocycles. The van der Waals surface area contributed by atoms with Gasteiger partial charge in [0.05, 0.1) is 11.4 Å². The van der Waals surface area contributed by atoms with Crippen LogP contribution in [0.5, 0.6) is 0 Å². The Morgan fingerprint density at radius 1 is 1.07 bits per heavy atom. The van der Waals surface area contributed by atoms with Crippen molar-refractivity contribution in [3.63, 3.8) is 0 Å². The van der Waals surface area contributed by atoms with Gasteiger partial charge in [0, 0.05) is 20.4 Å². The molecule has 2 heterocycles. The predicted octanol–water partition coefficient (Wildman–Crippen LogP) is 4.92. The Morgan fingerprint density at radius 2 is 1.76 bits per heavy atom. The van der Waals surface area contributed by atoms with Crippen LogP contribution in [0.25, 0.3) is 0 Å². The zero-order valence-electron chi connectivity index (χ0n) is 13.8. The Kier molecular flexibility index (Phi) is 4.15. The number of anilines is 2. The molecule has 0 unspecified atom stereocenters. The molecule has 1 N–H and O–H groups in total. The van der Waals surface area contributed by atoms with Crippen LogP contribution < -0.4 is 10.2 Å². The van der Waals surface area contributed by atoms with Crippen LogP contribution in [0.4, 0.5) is 37.7 Å². The largest absolute Gasteiger partial charge is 0.471 e. The number of rotatable bonds is 1. The maximum absolute atomic E-state index is 14.1. The topological polar surface area (TPSA) is 49.4 Å². The molecule has 1 atom stereocenters. The van der Waals surface area contributed by atoms with Crippen molar-refractivity contribution in [2.75, 3.05) is 4.90 Å². The highest BCUT2D eigenvalue weighted by Gasteiger charge is 2.70. The number of para-hydroxylation sites is 1.